The number of nitrogens with one attached hydrogen (secondary N) is 1. The number of benzene rings is 2. The third-order valence-corrected chi connectivity index (χ3v) is 3.44. The lowest BCUT2D eigenvalue weighted by atomic mass is 9.97. The summed E-state index contributed by atoms with van der Waals surface area (Å²) in [5.74, 6) is -0.899. The van der Waals surface area contributed by atoms with Crippen LogP contribution < -0.4 is 5.32 Å². The monoisotopic (exact) mass is 269 g/mol. The molecule has 0 saturated heterocycles. The van der Waals surface area contributed by atoms with Crippen molar-refractivity contribution >= 4 is 11.7 Å². The van der Waals surface area contributed by atoms with Crippen molar-refractivity contribution in [2.75, 3.05) is 0 Å². The van der Waals surface area contributed by atoms with E-state index in [1.165, 1.54) is 12.1 Å². The first kappa shape index (κ1) is 12.5. The summed E-state index contributed by atoms with van der Waals surface area (Å²) in [4.78, 5) is 23.9. The van der Waals surface area contributed by atoms with Gasteiger partial charge in [0, 0.05) is 23.1 Å². The molecule has 0 bridgehead atoms. The second-order valence-electron chi connectivity index (χ2n) is 4.72. The molecule has 1 atom stereocenters. The highest BCUT2D eigenvalue weighted by molar-refractivity contribution is 6.01. The van der Waals surface area contributed by atoms with Gasteiger partial charge in [0.05, 0.1) is 6.04 Å². The van der Waals surface area contributed by atoms with E-state index in [4.69, 9.17) is 0 Å². The van der Waals surface area contributed by atoms with Crippen molar-refractivity contribution in [3.63, 3.8) is 0 Å². The van der Waals surface area contributed by atoms with E-state index in [1.54, 1.807) is 30.3 Å². The molecule has 1 amide bonds. The van der Waals surface area contributed by atoms with Crippen molar-refractivity contribution in [3.05, 3.63) is 71.0 Å². The van der Waals surface area contributed by atoms with E-state index in [0.717, 1.165) is 0 Å². The van der Waals surface area contributed by atoms with E-state index >= 15 is 0 Å². The lowest BCUT2D eigenvalue weighted by Gasteiger charge is -2.11. The molecule has 0 fully saturated rings. The Kier molecular flexibility index (Phi) is 3.06. The Morgan fingerprint density at radius 3 is 2.60 bits per heavy atom. The number of Topliss-reactive ketones (excluding diaryl/α,β-unsaturated/α-hetero) is 1. The maximum Gasteiger partial charge on any atom is 0.252 e. The van der Waals surface area contributed by atoms with Gasteiger partial charge in [-0.25, -0.2) is 4.39 Å². The average molecular weight is 269 g/mol. The smallest absolute Gasteiger partial charge is 0.252 e. The number of hydrogen-bond donors (Lipinski definition) is 1. The van der Waals surface area contributed by atoms with E-state index in [9.17, 15) is 14.0 Å². The Balaban J connectivity index is 1.88. The summed E-state index contributed by atoms with van der Waals surface area (Å²) in [6.07, 6.45) is 0.0592. The Hall–Kier alpha value is -2.49. The summed E-state index contributed by atoms with van der Waals surface area (Å²) < 4.78 is 13.9. The molecule has 2 aromatic rings. The van der Waals surface area contributed by atoms with Crippen LogP contribution in [0.25, 0.3) is 0 Å². The highest BCUT2D eigenvalue weighted by Crippen LogP contribution is 2.30. The highest BCUT2D eigenvalue weighted by atomic mass is 19.1. The van der Waals surface area contributed by atoms with E-state index in [-0.39, 0.29) is 18.1 Å². The molecule has 0 aliphatic carbocycles. The van der Waals surface area contributed by atoms with E-state index in [2.05, 4.69) is 5.32 Å². The van der Waals surface area contributed by atoms with Crippen molar-refractivity contribution in [2.45, 2.75) is 12.5 Å². The summed E-state index contributed by atoms with van der Waals surface area (Å²) >= 11 is 0. The SMILES string of the molecule is O=C(C[C@@H]1NC(=O)c2cccc(F)c21)c1ccccc1. The Labute approximate surface area is 115 Å². The first-order valence-electron chi connectivity index (χ1n) is 6.34. The molecule has 0 unspecified atom stereocenters. The molecule has 4 heteroatoms. The van der Waals surface area contributed by atoms with Gasteiger partial charge in [-0.1, -0.05) is 36.4 Å². The molecule has 0 spiro atoms. The summed E-state index contributed by atoms with van der Waals surface area (Å²) in [6.45, 7) is 0. The van der Waals surface area contributed by atoms with Gasteiger partial charge in [0.15, 0.2) is 5.78 Å². The summed E-state index contributed by atoms with van der Waals surface area (Å²) in [5, 5.41) is 2.66. The van der Waals surface area contributed by atoms with Gasteiger partial charge in [-0.05, 0) is 12.1 Å². The van der Waals surface area contributed by atoms with Crippen LogP contribution in [0.1, 0.15) is 38.7 Å². The number of fused-ring (bicyclic) bond motifs is 1. The van der Waals surface area contributed by atoms with E-state index in [1.807, 2.05) is 6.07 Å². The van der Waals surface area contributed by atoms with Crippen LogP contribution >= 0.6 is 0 Å². The summed E-state index contributed by atoms with van der Waals surface area (Å²) in [6, 6.07) is 12.6. The first-order valence-corrected chi connectivity index (χ1v) is 6.34. The van der Waals surface area contributed by atoms with Crippen LogP contribution in [-0.4, -0.2) is 11.7 Å². The van der Waals surface area contributed by atoms with Crippen LogP contribution in [-0.2, 0) is 0 Å². The molecule has 100 valence electrons. The predicted octanol–water partition coefficient (Wildman–Crippen LogP) is 2.88. The zero-order valence-electron chi connectivity index (χ0n) is 10.6. The number of hydrogen-bond acceptors (Lipinski definition) is 2. The molecule has 0 aromatic heterocycles. The molecule has 0 radical (unpaired) electrons. The lowest BCUT2D eigenvalue weighted by Crippen LogP contribution is -2.21. The van der Waals surface area contributed by atoms with Crippen LogP contribution in [0, 0.1) is 5.82 Å². The van der Waals surface area contributed by atoms with Gasteiger partial charge in [0.2, 0.25) is 0 Å². The Bertz CT molecular complexity index is 682. The van der Waals surface area contributed by atoms with Crippen LogP contribution in [0.15, 0.2) is 48.5 Å². The Morgan fingerprint density at radius 2 is 1.85 bits per heavy atom. The van der Waals surface area contributed by atoms with Gasteiger partial charge in [-0.3, -0.25) is 9.59 Å². The quantitative estimate of drug-likeness (QED) is 0.871. The normalized spacial score (nSPS) is 16.6. The van der Waals surface area contributed by atoms with Crippen LogP contribution in [0.3, 0.4) is 0 Å². The molecule has 1 aliphatic heterocycles. The lowest BCUT2D eigenvalue weighted by molar-refractivity contribution is 0.0933. The standard InChI is InChI=1S/C16H12FNO2/c17-12-8-4-7-11-15(12)13(18-16(11)20)9-14(19)10-5-2-1-3-6-10/h1-8,13H,9H2,(H,18,20)/t13-/m0/s1. The van der Waals surface area contributed by atoms with Crippen molar-refractivity contribution in [3.8, 4) is 0 Å². The summed E-state index contributed by atoms with van der Waals surface area (Å²) in [5.41, 5.74) is 1.17. The largest absolute Gasteiger partial charge is 0.345 e. The van der Waals surface area contributed by atoms with Gasteiger partial charge in [-0.2, -0.15) is 0 Å². The molecule has 2 aromatic carbocycles. The van der Waals surface area contributed by atoms with Crippen molar-refractivity contribution < 1.29 is 14.0 Å². The fourth-order valence-electron chi connectivity index (χ4n) is 2.48. The van der Waals surface area contributed by atoms with Crippen LogP contribution in [0.2, 0.25) is 0 Å². The van der Waals surface area contributed by atoms with E-state index in [0.29, 0.717) is 16.7 Å². The minimum atomic E-state index is -0.591. The predicted molar refractivity (Wildman–Crippen MR) is 72.0 cm³/mol. The van der Waals surface area contributed by atoms with Crippen molar-refractivity contribution in [2.24, 2.45) is 0 Å². The maximum absolute atomic E-state index is 13.9. The number of carbonyl (C=O) groups excluding carboxylic acids is 2. The first-order chi connectivity index (χ1) is 9.66. The second-order valence-corrected chi connectivity index (χ2v) is 4.72. The topological polar surface area (TPSA) is 46.2 Å². The van der Waals surface area contributed by atoms with Gasteiger partial charge in [-0.15, -0.1) is 0 Å². The molecule has 1 N–H and O–H groups in total. The van der Waals surface area contributed by atoms with Gasteiger partial charge in [0.1, 0.15) is 5.82 Å². The highest BCUT2D eigenvalue weighted by Gasteiger charge is 2.32. The molecule has 3 rings (SSSR count). The van der Waals surface area contributed by atoms with Crippen molar-refractivity contribution in [1.29, 1.82) is 0 Å². The number of halogens is 1. The van der Waals surface area contributed by atoms with Crippen LogP contribution in [0.5, 0.6) is 0 Å². The minimum absolute atomic E-state index is 0.0592. The van der Waals surface area contributed by atoms with Gasteiger partial charge in [0.25, 0.3) is 5.91 Å². The van der Waals surface area contributed by atoms with Crippen molar-refractivity contribution in [1.82, 2.24) is 5.32 Å². The fraction of sp³-hybridized carbons (Fsp3) is 0.125. The number of rotatable bonds is 3. The molecule has 0 saturated carbocycles. The molecule has 20 heavy (non-hydrogen) atoms. The summed E-state index contributed by atoms with van der Waals surface area (Å²) in [7, 11) is 0. The van der Waals surface area contributed by atoms with Gasteiger partial charge < -0.3 is 5.32 Å². The minimum Gasteiger partial charge on any atom is -0.345 e. The number of carbonyl (C=O) groups is 2. The number of ketones is 1. The fourth-order valence-corrected chi connectivity index (χ4v) is 2.48. The van der Waals surface area contributed by atoms with Gasteiger partial charge >= 0.3 is 0 Å². The van der Waals surface area contributed by atoms with Crippen LogP contribution in [0.4, 0.5) is 4.39 Å². The molecule has 1 heterocycles. The van der Waals surface area contributed by atoms with E-state index < -0.39 is 11.9 Å². The average Bonchev–Trinajstić information content (AvgIpc) is 2.78. The molecular formula is C16H12FNO2. The maximum atomic E-state index is 13.9. The zero-order chi connectivity index (χ0) is 14.1. The molecule has 3 nitrogen and oxygen atoms in total. The molecule has 1 aliphatic rings. The number of amides is 1. The Morgan fingerprint density at radius 1 is 1.10 bits per heavy atom. The second kappa shape index (κ2) is 4.89. The zero-order valence-corrected chi connectivity index (χ0v) is 10.6. The third kappa shape index (κ3) is 2.09. The molecular weight excluding hydrogens is 257 g/mol. The third-order valence-electron chi connectivity index (χ3n) is 3.44.